The second-order valence-electron chi connectivity index (χ2n) is 4.30. The highest BCUT2D eigenvalue weighted by Crippen LogP contribution is 2.17. The van der Waals surface area contributed by atoms with Crippen molar-refractivity contribution in [3.8, 4) is 5.75 Å². The van der Waals surface area contributed by atoms with Crippen LogP contribution in [0.5, 0.6) is 5.75 Å². The molecule has 0 heterocycles. The number of carbonyl (C=O) groups is 1. The summed E-state index contributed by atoms with van der Waals surface area (Å²) in [5.41, 5.74) is 0.724. The number of likely N-dealkylation sites (N-methyl/N-ethyl adjacent to an activating group) is 1. The first-order valence-electron chi connectivity index (χ1n) is 5.79. The third kappa shape index (κ3) is 4.35. The SMILES string of the molecule is COc1ccc(C(NCCN(C)C)C(=O)O)cc1. The van der Waals surface area contributed by atoms with E-state index in [1.807, 2.05) is 19.0 Å². The standard InChI is InChI=1S/C13H20N2O3/c1-15(2)9-8-14-12(13(16)17)10-4-6-11(18-3)7-5-10/h4-7,12,14H,8-9H2,1-3H3,(H,16,17). The van der Waals surface area contributed by atoms with Gasteiger partial charge in [0.1, 0.15) is 11.8 Å². The van der Waals surface area contributed by atoms with Crippen molar-refractivity contribution in [1.82, 2.24) is 10.2 Å². The highest BCUT2D eigenvalue weighted by atomic mass is 16.5. The molecule has 5 nitrogen and oxygen atoms in total. The molecule has 100 valence electrons. The van der Waals surface area contributed by atoms with Gasteiger partial charge in [-0.1, -0.05) is 12.1 Å². The van der Waals surface area contributed by atoms with E-state index in [0.717, 1.165) is 17.9 Å². The van der Waals surface area contributed by atoms with Gasteiger partial charge in [0.2, 0.25) is 0 Å². The highest BCUT2D eigenvalue weighted by molar-refractivity contribution is 5.75. The largest absolute Gasteiger partial charge is 0.497 e. The number of hydrogen-bond acceptors (Lipinski definition) is 4. The first-order valence-corrected chi connectivity index (χ1v) is 5.79. The third-order valence-electron chi connectivity index (χ3n) is 2.60. The van der Waals surface area contributed by atoms with E-state index in [1.165, 1.54) is 0 Å². The minimum Gasteiger partial charge on any atom is -0.497 e. The van der Waals surface area contributed by atoms with Crippen LogP contribution in [0.4, 0.5) is 0 Å². The van der Waals surface area contributed by atoms with Crippen molar-refractivity contribution in [2.24, 2.45) is 0 Å². The number of methoxy groups -OCH3 is 1. The molecule has 0 spiro atoms. The van der Waals surface area contributed by atoms with Gasteiger partial charge in [-0.15, -0.1) is 0 Å². The Morgan fingerprint density at radius 2 is 2.00 bits per heavy atom. The number of rotatable bonds is 7. The molecule has 5 heteroatoms. The molecule has 1 unspecified atom stereocenters. The van der Waals surface area contributed by atoms with Crippen LogP contribution in [0.2, 0.25) is 0 Å². The maximum absolute atomic E-state index is 11.2. The van der Waals surface area contributed by atoms with Crippen LogP contribution in [0, 0.1) is 0 Å². The number of nitrogens with one attached hydrogen (secondary N) is 1. The maximum atomic E-state index is 11.2. The second-order valence-corrected chi connectivity index (χ2v) is 4.30. The molecule has 0 aliphatic heterocycles. The van der Waals surface area contributed by atoms with Crippen LogP contribution < -0.4 is 10.1 Å². The smallest absolute Gasteiger partial charge is 0.325 e. The van der Waals surface area contributed by atoms with Gasteiger partial charge in [-0.25, -0.2) is 0 Å². The molecule has 1 aromatic carbocycles. The summed E-state index contributed by atoms with van der Waals surface area (Å²) in [5.74, 6) is -0.157. The maximum Gasteiger partial charge on any atom is 0.325 e. The summed E-state index contributed by atoms with van der Waals surface area (Å²) in [4.78, 5) is 13.2. The van der Waals surface area contributed by atoms with Crippen molar-refractivity contribution in [2.75, 3.05) is 34.3 Å². The molecule has 0 saturated carbocycles. The van der Waals surface area contributed by atoms with Crippen molar-refractivity contribution >= 4 is 5.97 Å². The van der Waals surface area contributed by atoms with E-state index in [1.54, 1.807) is 31.4 Å². The van der Waals surface area contributed by atoms with Gasteiger partial charge in [-0.2, -0.15) is 0 Å². The van der Waals surface area contributed by atoms with Gasteiger partial charge in [-0.3, -0.25) is 10.1 Å². The number of nitrogens with zero attached hydrogens (tertiary/aromatic N) is 1. The number of benzene rings is 1. The van der Waals surface area contributed by atoms with Crippen LogP contribution in [-0.4, -0.2) is 50.3 Å². The number of ether oxygens (including phenoxy) is 1. The number of hydrogen-bond donors (Lipinski definition) is 2. The lowest BCUT2D eigenvalue weighted by Gasteiger charge is -2.17. The molecular formula is C13H20N2O3. The Morgan fingerprint density at radius 1 is 1.39 bits per heavy atom. The van der Waals surface area contributed by atoms with E-state index in [9.17, 15) is 9.90 Å². The molecule has 0 bridgehead atoms. The van der Waals surface area contributed by atoms with Gasteiger partial charge in [0.15, 0.2) is 0 Å². The van der Waals surface area contributed by atoms with E-state index >= 15 is 0 Å². The fourth-order valence-corrected chi connectivity index (χ4v) is 1.58. The Hall–Kier alpha value is -1.59. The molecule has 0 aliphatic rings. The lowest BCUT2D eigenvalue weighted by atomic mass is 10.1. The van der Waals surface area contributed by atoms with Crippen LogP contribution in [0.15, 0.2) is 24.3 Å². The Labute approximate surface area is 107 Å². The van der Waals surface area contributed by atoms with Crippen LogP contribution in [0.25, 0.3) is 0 Å². The predicted octanol–water partition coefficient (Wildman–Crippen LogP) is 0.972. The fourth-order valence-electron chi connectivity index (χ4n) is 1.58. The van der Waals surface area contributed by atoms with Gasteiger partial charge in [0.25, 0.3) is 0 Å². The van der Waals surface area contributed by atoms with Crippen molar-refractivity contribution < 1.29 is 14.6 Å². The van der Waals surface area contributed by atoms with Gasteiger partial charge in [0, 0.05) is 13.1 Å². The summed E-state index contributed by atoms with van der Waals surface area (Å²) >= 11 is 0. The van der Waals surface area contributed by atoms with E-state index in [2.05, 4.69) is 5.32 Å². The normalized spacial score (nSPS) is 12.4. The summed E-state index contributed by atoms with van der Waals surface area (Å²) in [6, 6.07) is 6.37. The minimum absolute atomic E-state index is 0.621. The fraction of sp³-hybridized carbons (Fsp3) is 0.462. The van der Waals surface area contributed by atoms with E-state index in [4.69, 9.17) is 4.74 Å². The summed E-state index contributed by atoms with van der Waals surface area (Å²) in [5, 5.41) is 12.2. The Balaban J connectivity index is 2.68. The van der Waals surface area contributed by atoms with E-state index < -0.39 is 12.0 Å². The summed E-state index contributed by atoms with van der Waals surface area (Å²) in [6.45, 7) is 1.41. The molecule has 0 amide bonds. The molecule has 0 fully saturated rings. The lowest BCUT2D eigenvalue weighted by Crippen LogP contribution is -2.33. The Kier molecular flexibility index (Phi) is 5.61. The van der Waals surface area contributed by atoms with Crippen molar-refractivity contribution in [3.05, 3.63) is 29.8 Å². The monoisotopic (exact) mass is 252 g/mol. The topological polar surface area (TPSA) is 61.8 Å². The molecule has 0 aromatic heterocycles. The van der Waals surface area contributed by atoms with Crippen LogP contribution in [0.3, 0.4) is 0 Å². The molecule has 1 aromatic rings. The van der Waals surface area contributed by atoms with Gasteiger partial charge in [-0.05, 0) is 31.8 Å². The van der Waals surface area contributed by atoms with Crippen molar-refractivity contribution in [1.29, 1.82) is 0 Å². The molecule has 18 heavy (non-hydrogen) atoms. The van der Waals surface area contributed by atoms with Crippen molar-refractivity contribution in [2.45, 2.75) is 6.04 Å². The molecule has 1 rings (SSSR count). The van der Waals surface area contributed by atoms with Crippen molar-refractivity contribution in [3.63, 3.8) is 0 Å². The predicted molar refractivity (Wildman–Crippen MR) is 69.9 cm³/mol. The number of carboxylic acid groups (broad SMARTS) is 1. The zero-order valence-corrected chi connectivity index (χ0v) is 11.0. The van der Waals surface area contributed by atoms with Gasteiger partial charge in [0.05, 0.1) is 7.11 Å². The average molecular weight is 252 g/mol. The molecule has 0 aliphatic carbocycles. The van der Waals surface area contributed by atoms with Crippen LogP contribution >= 0.6 is 0 Å². The lowest BCUT2D eigenvalue weighted by molar-refractivity contribution is -0.139. The van der Waals surface area contributed by atoms with E-state index in [-0.39, 0.29) is 0 Å². The second kappa shape index (κ2) is 6.98. The Morgan fingerprint density at radius 3 is 2.44 bits per heavy atom. The first-order chi connectivity index (χ1) is 8.54. The molecule has 2 N–H and O–H groups in total. The molecule has 0 radical (unpaired) electrons. The zero-order valence-electron chi connectivity index (χ0n) is 11.0. The van der Waals surface area contributed by atoms with Crippen LogP contribution in [-0.2, 0) is 4.79 Å². The average Bonchev–Trinajstić information content (AvgIpc) is 2.34. The summed E-state index contributed by atoms with van der Waals surface area (Å²) in [7, 11) is 5.48. The molecule has 1 atom stereocenters. The zero-order chi connectivity index (χ0) is 13.5. The highest BCUT2D eigenvalue weighted by Gasteiger charge is 2.18. The van der Waals surface area contributed by atoms with Crippen LogP contribution in [0.1, 0.15) is 11.6 Å². The first kappa shape index (κ1) is 14.5. The number of aliphatic carboxylic acids is 1. The summed E-state index contributed by atoms with van der Waals surface area (Å²) < 4.78 is 5.05. The Bertz CT molecular complexity index is 376. The molecule has 0 saturated heterocycles. The summed E-state index contributed by atoms with van der Waals surface area (Å²) in [6.07, 6.45) is 0. The quantitative estimate of drug-likeness (QED) is 0.757. The van der Waals surface area contributed by atoms with E-state index in [0.29, 0.717) is 6.54 Å². The third-order valence-corrected chi connectivity index (χ3v) is 2.60. The number of carboxylic acids is 1. The van der Waals surface area contributed by atoms with Gasteiger partial charge >= 0.3 is 5.97 Å². The van der Waals surface area contributed by atoms with Gasteiger partial charge < -0.3 is 14.7 Å². The minimum atomic E-state index is -0.876. The molecular weight excluding hydrogens is 232 g/mol.